The Morgan fingerprint density at radius 3 is 2.82 bits per heavy atom. The van der Waals surface area contributed by atoms with Crippen molar-refractivity contribution < 1.29 is 9.46 Å². The van der Waals surface area contributed by atoms with Crippen molar-refractivity contribution in [2.45, 2.75) is 6.92 Å². The van der Waals surface area contributed by atoms with Crippen LogP contribution in [0, 0.1) is 0 Å². The lowest BCUT2D eigenvalue weighted by Gasteiger charge is -1.95. The molecule has 0 heterocycles. The molecule has 0 aromatic rings. The minimum atomic E-state index is -2.43. The van der Waals surface area contributed by atoms with Crippen LogP contribution in [0.15, 0.2) is 5.10 Å². The molecule has 5 nitrogen and oxygen atoms in total. The molecule has 0 spiro atoms. The smallest absolute Gasteiger partial charge is 0.314 e. The van der Waals surface area contributed by atoms with Crippen molar-refractivity contribution in [2.24, 2.45) is 10.8 Å². The van der Waals surface area contributed by atoms with Crippen molar-refractivity contribution in [3.8, 4) is 0 Å². The average molecular weight is 193 g/mol. The van der Waals surface area contributed by atoms with Gasteiger partial charge in [0.05, 0.1) is 5.71 Å². The maximum Gasteiger partial charge on any atom is 0.314 e. The van der Waals surface area contributed by atoms with E-state index in [1.807, 2.05) is 0 Å². The summed E-state index contributed by atoms with van der Waals surface area (Å²) in [5.41, 5.74) is 7.74. The van der Waals surface area contributed by atoms with Crippen LogP contribution in [0.1, 0.15) is 6.92 Å². The first-order valence-corrected chi connectivity index (χ1v) is 4.50. The van der Waals surface area contributed by atoms with Crippen molar-refractivity contribution >= 4 is 31.1 Å². The SMILES string of the molecule is CC(C[P+](=O)[O-])=NNC(N)=S. The first-order valence-electron chi connectivity index (χ1n) is 2.72. The highest BCUT2D eigenvalue weighted by molar-refractivity contribution is 7.80. The standard InChI is InChI=1S/C4H8N3O2PS/c1-3(2-10(8)9)6-7-4(5)11/h2H2,1H3,(H3,5,7,11). The molecule has 11 heavy (non-hydrogen) atoms. The Labute approximate surface area is 70.5 Å². The van der Waals surface area contributed by atoms with E-state index in [4.69, 9.17) is 5.73 Å². The molecule has 0 aliphatic rings. The molecule has 0 amide bonds. The van der Waals surface area contributed by atoms with E-state index in [0.717, 1.165) is 0 Å². The van der Waals surface area contributed by atoms with Gasteiger partial charge in [0.15, 0.2) is 11.3 Å². The topological polar surface area (TPSA) is 90.5 Å². The quantitative estimate of drug-likeness (QED) is 0.267. The van der Waals surface area contributed by atoms with E-state index in [1.54, 1.807) is 6.92 Å². The molecule has 0 rings (SSSR count). The third kappa shape index (κ3) is 7.32. The second kappa shape index (κ2) is 5.12. The third-order valence-corrected chi connectivity index (χ3v) is 1.52. The molecule has 1 atom stereocenters. The van der Waals surface area contributed by atoms with Crippen LogP contribution in [0.5, 0.6) is 0 Å². The second-order valence-corrected chi connectivity index (χ2v) is 3.24. The molecule has 0 aromatic heterocycles. The number of hydrogen-bond acceptors (Lipinski definition) is 4. The second-order valence-electron chi connectivity index (χ2n) is 1.81. The lowest BCUT2D eigenvalue weighted by molar-refractivity contribution is -0.163. The molecule has 1 unspecified atom stereocenters. The molecule has 0 aromatic carbocycles. The van der Waals surface area contributed by atoms with Gasteiger partial charge in [-0.05, 0) is 19.1 Å². The normalized spacial score (nSPS) is 12.5. The third-order valence-electron chi connectivity index (χ3n) is 0.715. The van der Waals surface area contributed by atoms with E-state index < -0.39 is 8.03 Å². The molecular weight excluding hydrogens is 185 g/mol. The lowest BCUT2D eigenvalue weighted by atomic mass is 10.5. The Balaban J connectivity index is 3.81. The first-order chi connectivity index (χ1) is 5.02. The van der Waals surface area contributed by atoms with Gasteiger partial charge in [0.25, 0.3) is 0 Å². The summed E-state index contributed by atoms with van der Waals surface area (Å²) >= 11 is 4.44. The molecule has 62 valence electrons. The van der Waals surface area contributed by atoms with Crippen LogP contribution in [-0.4, -0.2) is 17.0 Å². The van der Waals surface area contributed by atoms with Crippen LogP contribution < -0.4 is 16.1 Å². The number of hydrogen-bond donors (Lipinski definition) is 2. The number of nitrogens with two attached hydrogens (primary N) is 1. The van der Waals surface area contributed by atoms with E-state index in [2.05, 4.69) is 22.7 Å². The Kier molecular flexibility index (Phi) is 4.85. The van der Waals surface area contributed by atoms with Crippen molar-refractivity contribution in [3.05, 3.63) is 0 Å². The first kappa shape index (κ1) is 10.4. The zero-order chi connectivity index (χ0) is 8.85. The molecule has 0 saturated carbocycles. The van der Waals surface area contributed by atoms with Crippen LogP contribution in [0.25, 0.3) is 0 Å². The van der Waals surface area contributed by atoms with Gasteiger partial charge < -0.3 is 10.6 Å². The zero-order valence-electron chi connectivity index (χ0n) is 5.90. The monoisotopic (exact) mass is 193 g/mol. The van der Waals surface area contributed by atoms with E-state index in [-0.39, 0.29) is 11.3 Å². The molecular formula is C4H8N3O2PS. The van der Waals surface area contributed by atoms with Gasteiger partial charge in [0.1, 0.15) is 0 Å². The highest BCUT2D eigenvalue weighted by atomic mass is 32.1. The van der Waals surface area contributed by atoms with Gasteiger partial charge in [-0.1, -0.05) is 4.57 Å². The molecule has 0 aliphatic heterocycles. The summed E-state index contributed by atoms with van der Waals surface area (Å²) in [5.74, 6) is 0. The van der Waals surface area contributed by atoms with Gasteiger partial charge in [-0.3, -0.25) is 5.43 Å². The van der Waals surface area contributed by atoms with Crippen molar-refractivity contribution in [3.63, 3.8) is 0 Å². The van der Waals surface area contributed by atoms with Gasteiger partial charge in [0, 0.05) is 0 Å². The molecule has 7 heteroatoms. The fourth-order valence-electron chi connectivity index (χ4n) is 0.373. The average Bonchev–Trinajstić information content (AvgIpc) is 1.82. The van der Waals surface area contributed by atoms with Crippen LogP contribution >= 0.6 is 20.2 Å². The summed E-state index contributed by atoms with van der Waals surface area (Å²) in [7, 11) is -2.43. The minimum absolute atomic E-state index is 0.0190. The van der Waals surface area contributed by atoms with Crippen molar-refractivity contribution in [1.82, 2.24) is 5.43 Å². The summed E-state index contributed by atoms with van der Waals surface area (Å²) in [6.45, 7) is 1.57. The van der Waals surface area contributed by atoms with E-state index >= 15 is 0 Å². The Morgan fingerprint density at radius 1 is 1.91 bits per heavy atom. The van der Waals surface area contributed by atoms with Crippen LogP contribution in [-0.2, 0) is 4.57 Å². The van der Waals surface area contributed by atoms with E-state index in [9.17, 15) is 9.46 Å². The van der Waals surface area contributed by atoms with E-state index in [1.165, 1.54) is 0 Å². The Bertz CT molecular complexity index is 206. The molecule has 0 saturated heterocycles. The molecule has 0 aliphatic carbocycles. The minimum Gasteiger partial charge on any atom is -0.595 e. The molecule has 0 fully saturated rings. The highest BCUT2D eigenvalue weighted by Gasteiger charge is 2.02. The van der Waals surface area contributed by atoms with Gasteiger partial charge in [-0.2, -0.15) is 5.10 Å². The van der Waals surface area contributed by atoms with Gasteiger partial charge in [0.2, 0.25) is 0 Å². The summed E-state index contributed by atoms with van der Waals surface area (Å²) in [4.78, 5) is 10.1. The van der Waals surface area contributed by atoms with Crippen molar-refractivity contribution in [2.75, 3.05) is 6.16 Å². The molecule has 0 bridgehead atoms. The summed E-state index contributed by atoms with van der Waals surface area (Å²) in [6.07, 6.45) is -0.0784. The van der Waals surface area contributed by atoms with Crippen LogP contribution in [0.2, 0.25) is 0 Å². The number of nitrogens with zero attached hydrogens (tertiary/aromatic N) is 1. The maximum absolute atomic E-state index is 10.1. The predicted molar refractivity (Wildman–Crippen MR) is 45.5 cm³/mol. The highest BCUT2D eigenvalue weighted by Crippen LogP contribution is 2.05. The fraction of sp³-hybridized carbons (Fsp3) is 0.500. The largest absolute Gasteiger partial charge is 0.595 e. The molecule has 0 radical (unpaired) electrons. The van der Waals surface area contributed by atoms with Gasteiger partial charge in [-0.15, -0.1) is 0 Å². The maximum atomic E-state index is 10.1. The number of rotatable bonds is 3. The summed E-state index contributed by atoms with van der Waals surface area (Å²) in [5, 5.41) is 3.60. The number of hydrazone groups is 1. The predicted octanol–water partition coefficient (Wildman–Crippen LogP) is -0.702. The van der Waals surface area contributed by atoms with Crippen LogP contribution in [0.3, 0.4) is 0 Å². The Morgan fingerprint density at radius 2 is 2.45 bits per heavy atom. The van der Waals surface area contributed by atoms with Crippen molar-refractivity contribution in [1.29, 1.82) is 0 Å². The molecule has 3 N–H and O–H groups in total. The van der Waals surface area contributed by atoms with E-state index in [0.29, 0.717) is 5.71 Å². The summed E-state index contributed by atoms with van der Waals surface area (Å²) < 4.78 is 10.1. The van der Waals surface area contributed by atoms with Crippen LogP contribution in [0.4, 0.5) is 0 Å². The number of thiocarbonyl (C=S) groups is 1. The fourth-order valence-corrected chi connectivity index (χ4v) is 0.863. The number of nitrogens with one attached hydrogen (secondary N) is 1. The zero-order valence-corrected chi connectivity index (χ0v) is 7.61. The summed E-state index contributed by atoms with van der Waals surface area (Å²) in [6, 6.07) is 0. The lowest BCUT2D eigenvalue weighted by Crippen LogP contribution is -2.25. The Hall–Kier alpha value is -0.580. The van der Waals surface area contributed by atoms with Gasteiger partial charge in [-0.25, -0.2) is 0 Å². The van der Waals surface area contributed by atoms with Gasteiger partial charge >= 0.3 is 8.03 Å².